The van der Waals surface area contributed by atoms with E-state index in [9.17, 15) is 14.4 Å². The second-order valence-corrected chi connectivity index (χ2v) is 8.46. The summed E-state index contributed by atoms with van der Waals surface area (Å²) in [5.74, 6) is -0.698. The van der Waals surface area contributed by atoms with Gasteiger partial charge in [0, 0.05) is 21.8 Å². The standard InChI is InChI=1S/C26H19Cl2NO5/c1-14-10-22-19(12-21(14)28)24(32)26(25(34-22)18-8-3-4-9-20(18)27)33-13-23(31)29-17-7-5-6-16(11-17)15(2)30/h3-12H,13H2,1-2H3,(H,29,31). The molecule has 1 aromatic heterocycles. The van der Waals surface area contributed by atoms with Crippen LogP contribution in [0.4, 0.5) is 5.69 Å². The number of carbonyl (C=O) groups is 2. The highest BCUT2D eigenvalue weighted by molar-refractivity contribution is 6.33. The number of hydrogen-bond donors (Lipinski definition) is 1. The summed E-state index contributed by atoms with van der Waals surface area (Å²) in [5.41, 5.74) is 1.91. The van der Waals surface area contributed by atoms with E-state index in [1.165, 1.54) is 13.0 Å². The van der Waals surface area contributed by atoms with Gasteiger partial charge in [-0.3, -0.25) is 14.4 Å². The van der Waals surface area contributed by atoms with Crippen molar-refractivity contribution < 1.29 is 18.7 Å². The van der Waals surface area contributed by atoms with Crippen LogP contribution in [0.3, 0.4) is 0 Å². The van der Waals surface area contributed by atoms with Crippen molar-refractivity contribution in [2.24, 2.45) is 0 Å². The van der Waals surface area contributed by atoms with Crippen molar-refractivity contribution in [2.45, 2.75) is 13.8 Å². The summed E-state index contributed by atoms with van der Waals surface area (Å²) in [4.78, 5) is 37.5. The molecule has 0 atom stereocenters. The molecule has 6 nitrogen and oxygen atoms in total. The van der Waals surface area contributed by atoms with E-state index in [-0.39, 0.29) is 22.7 Å². The first-order valence-corrected chi connectivity index (χ1v) is 11.1. The highest BCUT2D eigenvalue weighted by Crippen LogP contribution is 2.36. The number of aryl methyl sites for hydroxylation is 1. The van der Waals surface area contributed by atoms with Crippen LogP contribution in [0.15, 0.2) is 69.9 Å². The van der Waals surface area contributed by atoms with Gasteiger partial charge in [-0.2, -0.15) is 0 Å². The molecule has 0 saturated heterocycles. The lowest BCUT2D eigenvalue weighted by Gasteiger charge is -2.13. The van der Waals surface area contributed by atoms with Gasteiger partial charge in [0.25, 0.3) is 5.91 Å². The maximum atomic E-state index is 13.3. The number of carbonyl (C=O) groups excluding carboxylic acids is 2. The summed E-state index contributed by atoms with van der Waals surface area (Å²) < 4.78 is 11.7. The molecular formula is C26H19Cl2NO5. The monoisotopic (exact) mass is 495 g/mol. The molecule has 8 heteroatoms. The van der Waals surface area contributed by atoms with Crippen LogP contribution in [0.5, 0.6) is 5.75 Å². The topological polar surface area (TPSA) is 85.6 Å². The maximum Gasteiger partial charge on any atom is 0.262 e. The van der Waals surface area contributed by atoms with Crippen LogP contribution in [0.25, 0.3) is 22.3 Å². The van der Waals surface area contributed by atoms with Crippen LogP contribution in [0.2, 0.25) is 10.0 Å². The molecule has 4 rings (SSSR count). The summed E-state index contributed by atoms with van der Waals surface area (Å²) >= 11 is 12.6. The molecule has 0 aliphatic rings. The van der Waals surface area contributed by atoms with E-state index in [1.807, 2.05) is 0 Å². The predicted octanol–water partition coefficient (Wildman–Crippen LogP) is 6.30. The molecule has 0 saturated carbocycles. The number of rotatable bonds is 6. The van der Waals surface area contributed by atoms with Crippen molar-refractivity contribution in [3.8, 4) is 17.1 Å². The van der Waals surface area contributed by atoms with E-state index in [0.717, 1.165) is 5.56 Å². The summed E-state index contributed by atoms with van der Waals surface area (Å²) in [7, 11) is 0. The molecule has 172 valence electrons. The van der Waals surface area contributed by atoms with Crippen LogP contribution in [0.1, 0.15) is 22.8 Å². The zero-order chi connectivity index (χ0) is 24.4. The first kappa shape index (κ1) is 23.5. The Morgan fingerprint density at radius 1 is 1.00 bits per heavy atom. The first-order valence-electron chi connectivity index (χ1n) is 10.3. The minimum Gasteiger partial charge on any atom is -0.476 e. The molecule has 0 aliphatic heterocycles. The Balaban J connectivity index is 1.71. The second-order valence-electron chi connectivity index (χ2n) is 7.64. The highest BCUT2D eigenvalue weighted by atomic mass is 35.5. The highest BCUT2D eigenvalue weighted by Gasteiger charge is 2.21. The molecule has 0 fully saturated rings. The zero-order valence-corrected chi connectivity index (χ0v) is 19.8. The van der Waals surface area contributed by atoms with E-state index in [1.54, 1.807) is 61.5 Å². The fourth-order valence-corrected chi connectivity index (χ4v) is 3.79. The minimum absolute atomic E-state index is 0.108. The number of ketones is 1. The Bertz CT molecular complexity index is 1490. The molecule has 0 unspecified atom stereocenters. The van der Waals surface area contributed by atoms with Gasteiger partial charge in [-0.25, -0.2) is 0 Å². The number of anilines is 1. The van der Waals surface area contributed by atoms with Gasteiger partial charge in [-0.1, -0.05) is 47.5 Å². The Labute approximate surface area is 205 Å². The van der Waals surface area contributed by atoms with Crippen LogP contribution in [0, 0.1) is 6.92 Å². The number of amides is 1. The number of fused-ring (bicyclic) bond motifs is 1. The summed E-state index contributed by atoms with van der Waals surface area (Å²) in [6, 6.07) is 16.5. The molecule has 34 heavy (non-hydrogen) atoms. The van der Waals surface area contributed by atoms with Gasteiger partial charge in [0.1, 0.15) is 5.58 Å². The van der Waals surface area contributed by atoms with Gasteiger partial charge in [0.05, 0.1) is 10.4 Å². The molecule has 1 N–H and O–H groups in total. The Hall–Kier alpha value is -3.61. The molecular weight excluding hydrogens is 477 g/mol. The number of hydrogen-bond acceptors (Lipinski definition) is 5. The second kappa shape index (κ2) is 9.71. The summed E-state index contributed by atoms with van der Waals surface area (Å²) in [6.45, 7) is 2.76. The van der Waals surface area contributed by atoms with Crippen molar-refractivity contribution in [3.63, 3.8) is 0 Å². The fourth-order valence-electron chi connectivity index (χ4n) is 3.40. The molecule has 1 heterocycles. The van der Waals surface area contributed by atoms with Crippen molar-refractivity contribution >= 4 is 51.5 Å². The van der Waals surface area contributed by atoms with Gasteiger partial charge >= 0.3 is 0 Å². The molecule has 0 aliphatic carbocycles. The number of benzene rings is 3. The van der Waals surface area contributed by atoms with E-state index < -0.39 is 17.9 Å². The van der Waals surface area contributed by atoms with E-state index in [0.29, 0.717) is 32.4 Å². The van der Waals surface area contributed by atoms with Gasteiger partial charge < -0.3 is 14.5 Å². The number of ether oxygens (including phenoxy) is 1. The Kier molecular flexibility index (Phi) is 6.72. The lowest BCUT2D eigenvalue weighted by atomic mass is 10.1. The van der Waals surface area contributed by atoms with E-state index in [2.05, 4.69) is 5.32 Å². The van der Waals surface area contributed by atoms with Crippen LogP contribution >= 0.6 is 23.2 Å². The van der Waals surface area contributed by atoms with Gasteiger partial charge in [-0.15, -0.1) is 0 Å². The van der Waals surface area contributed by atoms with Gasteiger partial charge in [0.2, 0.25) is 11.2 Å². The van der Waals surface area contributed by atoms with Crippen molar-refractivity contribution in [3.05, 3.63) is 92.1 Å². The van der Waals surface area contributed by atoms with Crippen molar-refractivity contribution in [1.29, 1.82) is 0 Å². The van der Waals surface area contributed by atoms with Crippen molar-refractivity contribution in [2.75, 3.05) is 11.9 Å². The summed E-state index contributed by atoms with van der Waals surface area (Å²) in [5, 5.41) is 3.63. The molecule has 0 bridgehead atoms. The lowest BCUT2D eigenvalue weighted by Crippen LogP contribution is -2.22. The first-order chi connectivity index (χ1) is 16.2. The fraction of sp³-hybridized carbons (Fsp3) is 0.115. The largest absolute Gasteiger partial charge is 0.476 e. The van der Waals surface area contributed by atoms with E-state index in [4.69, 9.17) is 32.4 Å². The lowest BCUT2D eigenvalue weighted by molar-refractivity contribution is -0.118. The zero-order valence-electron chi connectivity index (χ0n) is 18.3. The third kappa shape index (κ3) is 4.83. The Morgan fingerprint density at radius 3 is 2.50 bits per heavy atom. The average Bonchev–Trinajstić information content (AvgIpc) is 2.80. The van der Waals surface area contributed by atoms with Crippen LogP contribution in [-0.4, -0.2) is 18.3 Å². The smallest absolute Gasteiger partial charge is 0.262 e. The normalized spacial score (nSPS) is 10.8. The third-order valence-corrected chi connectivity index (χ3v) is 5.89. The quantitative estimate of drug-likeness (QED) is 0.317. The van der Waals surface area contributed by atoms with Crippen LogP contribution in [-0.2, 0) is 4.79 Å². The van der Waals surface area contributed by atoms with Crippen LogP contribution < -0.4 is 15.5 Å². The Morgan fingerprint density at radius 2 is 1.76 bits per heavy atom. The summed E-state index contributed by atoms with van der Waals surface area (Å²) in [6.07, 6.45) is 0. The minimum atomic E-state index is -0.521. The van der Waals surface area contributed by atoms with E-state index >= 15 is 0 Å². The molecule has 0 radical (unpaired) electrons. The predicted molar refractivity (Wildman–Crippen MR) is 133 cm³/mol. The molecule has 1 amide bonds. The molecule has 3 aromatic carbocycles. The third-order valence-electron chi connectivity index (χ3n) is 5.15. The molecule has 4 aromatic rings. The van der Waals surface area contributed by atoms with Gasteiger partial charge in [0.15, 0.2) is 18.2 Å². The van der Waals surface area contributed by atoms with Crippen molar-refractivity contribution in [1.82, 2.24) is 0 Å². The SMILES string of the molecule is CC(=O)c1cccc(NC(=O)COc2c(-c3ccccc3Cl)oc3cc(C)c(Cl)cc3c2=O)c1. The average molecular weight is 496 g/mol. The van der Waals surface area contributed by atoms with Gasteiger partial charge in [-0.05, 0) is 55.8 Å². The number of Topliss-reactive ketones (excluding diaryl/α,β-unsaturated/α-hetero) is 1. The molecule has 0 spiro atoms. The number of halogens is 2. The number of nitrogens with one attached hydrogen (secondary N) is 1. The maximum absolute atomic E-state index is 13.3.